The Morgan fingerprint density at radius 3 is 2.86 bits per heavy atom. The predicted molar refractivity (Wildman–Crippen MR) is 82.3 cm³/mol. The molecule has 6 nitrogen and oxygen atoms in total. The lowest BCUT2D eigenvalue weighted by Gasteiger charge is -2.08. The normalized spacial score (nSPS) is 10.6. The molecule has 0 fully saturated rings. The van der Waals surface area contributed by atoms with Gasteiger partial charge < -0.3 is 15.8 Å². The molecule has 0 bridgehead atoms. The zero-order valence-corrected chi connectivity index (χ0v) is 12.2. The lowest BCUT2D eigenvalue weighted by atomic mass is 10.1. The third-order valence-corrected chi connectivity index (χ3v) is 2.99. The smallest absolute Gasteiger partial charge is 0.229 e. The van der Waals surface area contributed by atoms with Gasteiger partial charge in [0.15, 0.2) is 5.82 Å². The fraction of sp³-hybridized carbons (Fsp3) is 0.333. The minimum absolute atomic E-state index is 0.147. The summed E-state index contributed by atoms with van der Waals surface area (Å²) in [5, 5.41) is 9.65. The molecule has 0 saturated carbocycles. The van der Waals surface area contributed by atoms with Gasteiger partial charge in [-0.3, -0.25) is 9.89 Å². The molecule has 112 valence electrons. The first-order chi connectivity index (χ1) is 10.1. The van der Waals surface area contributed by atoms with Gasteiger partial charge in [0.2, 0.25) is 5.91 Å². The number of H-pyrrole nitrogens is 1. The van der Waals surface area contributed by atoms with E-state index in [1.54, 1.807) is 12.1 Å². The van der Waals surface area contributed by atoms with Crippen LogP contribution < -0.4 is 15.8 Å². The fourth-order valence-electron chi connectivity index (χ4n) is 1.77. The molecule has 0 radical (unpaired) electrons. The number of hydrogen-bond donors (Lipinski definition) is 3. The van der Waals surface area contributed by atoms with Crippen LogP contribution in [0.3, 0.4) is 0 Å². The SMILES string of the molecule is CC(C)c1cc(NC(=O)CCOc2ccccc2N)n[nH]1. The zero-order valence-electron chi connectivity index (χ0n) is 12.2. The van der Waals surface area contributed by atoms with Gasteiger partial charge in [0, 0.05) is 11.8 Å². The van der Waals surface area contributed by atoms with Gasteiger partial charge in [-0.2, -0.15) is 5.10 Å². The lowest BCUT2D eigenvalue weighted by molar-refractivity contribution is -0.116. The number of ether oxygens (including phenoxy) is 1. The van der Waals surface area contributed by atoms with Crippen molar-refractivity contribution < 1.29 is 9.53 Å². The number of aromatic nitrogens is 2. The molecule has 1 aromatic carbocycles. The van der Waals surface area contributed by atoms with E-state index in [-0.39, 0.29) is 18.9 Å². The Morgan fingerprint density at radius 1 is 1.43 bits per heavy atom. The molecule has 0 aliphatic rings. The number of hydrogen-bond acceptors (Lipinski definition) is 4. The quantitative estimate of drug-likeness (QED) is 0.712. The molecular weight excluding hydrogens is 268 g/mol. The molecular formula is C15H20N4O2. The molecule has 0 aliphatic carbocycles. The fourth-order valence-corrected chi connectivity index (χ4v) is 1.77. The lowest BCUT2D eigenvalue weighted by Crippen LogP contribution is -2.15. The maximum absolute atomic E-state index is 11.8. The predicted octanol–water partition coefficient (Wildman–Crippen LogP) is 2.52. The first kappa shape index (κ1) is 14.9. The minimum atomic E-state index is -0.147. The first-order valence-electron chi connectivity index (χ1n) is 6.88. The highest BCUT2D eigenvalue weighted by atomic mass is 16.5. The van der Waals surface area contributed by atoms with Crippen LogP contribution >= 0.6 is 0 Å². The number of nitrogen functional groups attached to an aromatic ring is 1. The second-order valence-electron chi connectivity index (χ2n) is 5.05. The maximum Gasteiger partial charge on any atom is 0.229 e. The third kappa shape index (κ3) is 4.24. The summed E-state index contributed by atoms with van der Waals surface area (Å²) in [4.78, 5) is 11.8. The number of nitrogens with one attached hydrogen (secondary N) is 2. The standard InChI is InChI=1S/C15H20N4O2/c1-10(2)12-9-14(19-18-12)17-15(20)7-8-21-13-6-4-3-5-11(13)16/h3-6,9-10H,7-8,16H2,1-2H3,(H2,17,18,19,20). The van der Waals surface area contributed by atoms with Crippen LogP contribution in [-0.2, 0) is 4.79 Å². The Kier molecular flexibility index (Phi) is 4.81. The highest BCUT2D eigenvalue weighted by molar-refractivity contribution is 5.89. The molecule has 2 rings (SSSR count). The Balaban J connectivity index is 1.78. The van der Waals surface area contributed by atoms with E-state index in [9.17, 15) is 4.79 Å². The summed E-state index contributed by atoms with van der Waals surface area (Å²) in [6.07, 6.45) is 0.234. The highest BCUT2D eigenvalue weighted by Gasteiger charge is 2.08. The molecule has 6 heteroatoms. The van der Waals surface area contributed by atoms with Gasteiger partial charge in [-0.15, -0.1) is 0 Å². The monoisotopic (exact) mass is 288 g/mol. The Hall–Kier alpha value is -2.50. The van der Waals surface area contributed by atoms with Gasteiger partial charge in [-0.25, -0.2) is 0 Å². The van der Waals surface area contributed by atoms with Crippen molar-refractivity contribution in [1.29, 1.82) is 0 Å². The second kappa shape index (κ2) is 6.78. The molecule has 1 amide bonds. The highest BCUT2D eigenvalue weighted by Crippen LogP contribution is 2.20. The number of rotatable bonds is 6. The molecule has 21 heavy (non-hydrogen) atoms. The number of nitrogens with two attached hydrogens (primary N) is 1. The van der Waals surface area contributed by atoms with Crippen LogP contribution in [0.15, 0.2) is 30.3 Å². The maximum atomic E-state index is 11.8. The number of amides is 1. The molecule has 2 aromatic rings. The number of para-hydroxylation sites is 2. The van der Waals surface area contributed by atoms with Crippen molar-refractivity contribution in [2.75, 3.05) is 17.7 Å². The van der Waals surface area contributed by atoms with Crippen molar-refractivity contribution in [2.24, 2.45) is 0 Å². The van der Waals surface area contributed by atoms with Crippen molar-refractivity contribution in [2.45, 2.75) is 26.2 Å². The van der Waals surface area contributed by atoms with Crippen LogP contribution in [0.25, 0.3) is 0 Å². The number of benzene rings is 1. The van der Waals surface area contributed by atoms with Crippen molar-refractivity contribution in [3.63, 3.8) is 0 Å². The van der Waals surface area contributed by atoms with E-state index < -0.39 is 0 Å². The van der Waals surface area contributed by atoms with Gasteiger partial charge in [-0.1, -0.05) is 26.0 Å². The average molecular weight is 288 g/mol. The van der Waals surface area contributed by atoms with E-state index in [0.717, 1.165) is 5.69 Å². The number of nitrogens with zero attached hydrogens (tertiary/aromatic N) is 1. The number of aromatic amines is 1. The van der Waals surface area contributed by atoms with E-state index in [0.29, 0.717) is 23.2 Å². The van der Waals surface area contributed by atoms with Crippen LogP contribution in [0.4, 0.5) is 11.5 Å². The summed E-state index contributed by atoms with van der Waals surface area (Å²) in [7, 11) is 0. The largest absolute Gasteiger partial charge is 0.491 e. The molecule has 1 aromatic heterocycles. The van der Waals surface area contributed by atoms with Crippen LogP contribution in [-0.4, -0.2) is 22.7 Å². The molecule has 0 atom stereocenters. The number of carbonyl (C=O) groups is 1. The third-order valence-electron chi connectivity index (χ3n) is 2.99. The topological polar surface area (TPSA) is 93.0 Å². The summed E-state index contributed by atoms with van der Waals surface area (Å²) in [6, 6.07) is 9.03. The van der Waals surface area contributed by atoms with Gasteiger partial charge >= 0.3 is 0 Å². The van der Waals surface area contributed by atoms with Crippen molar-refractivity contribution in [3.8, 4) is 5.75 Å². The average Bonchev–Trinajstić information content (AvgIpc) is 2.89. The van der Waals surface area contributed by atoms with Gasteiger partial charge in [0.1, 0.15) is 5.75 Å². The van der Waals surface area contributed by atoms with E-state index in [1.165, 1.54) is 0 Å². The van der Waals surface area contributed by atoms with Gasteiger partial charge in [0.25, 0.3) is 0 Å². The van der Waals surface area contributed by atoms with Crippen molar-refractivity contribution >= 4 is 17.4 Å². The summed E-state index contributed by atoms with van der Waals surface area (Å²) in [5.41, 5.74) is 7.30. The Morgan fingerprint density at radius 2 is 2.19 bits per heavy atom. The van der Waals surface area contributed by atoms with Crippen molar-refractivity contribution in [3.05, 3.63) is 36.0 Å². The first-order valence-corrected chi connectivity index (χ1v) is 6.88. The van der Waals surface area contributed by atoms with Gasteiger partial charge in [-0.05, 0) is 18.1 Å². The van der Waals surface area contributed by atoms with Crippen molar-refractivity contribution in [1.82, 2.24) is 10.2 Å². The summed E-state index contributed by atoms with van der Waals surface area (Å²) in [5.74, 6) is 1.31. The van der Waals surface area contributed by atoms with E-state index in [4.69, 9.17) is 10.5 Å². The van der Waals surface area contributed by atoms with Crippen LogP contribution in [0.2, 0.25) is 0 Å². The molecule has 4 N–H and O–H groups in total. The minimum Gasteiger partial charge on any atom is -0.491 e. The van der Waals surface area contributed by atoms with Crippen LogP contribution in [0.5, 0.6) is 5.75 Å². The summed E-state index contributed by atoms with van der Waals surface area (Å²) < 4.78 is 5.47. The van der Waals surface area contributed by atoms with Crippen LogP contribution in [0.1, 0.15) is 31.9 Å². The summed E-state index contributed by atoms with van der Waals surface area (Å²) >= 11 is 0. The van der Waals surface area contributed by atoms with E-state index in [1.807, 2.05) is 18.2 Å². The summed E-state index contributed by atoms with van der Waals surface area (Å²) in [6.45, 7) is 4.37. The molecule has 0 aliphatic heterocycles. The Labute approximate surface area is 123 Å². The molecule has 0 saturated heterocycles. The molecule has 1 heterocycles. The molecule has 0 unspecified atom stereocenters. The Bertz CT molecular complexity index is 607. The van der Waals surface area contributed by atoms with E-state index >= 15 is 0 Å². The number of anilines is 2. The second-order valence-corrected chi connectivity index (χ2v) is 5.05. The van der Waals surface area contributed by atoms with E-state index in [2.05, 4.69) is 29.4 Å². The molecule has 0 spiro atoms. The zero-order chi connectivity index (χ0) is 15.2. The van der Waals surface area contributed by atoms with Crippen LogP contribution in [0, 0.1) is 0 Å². The number of carbonyl (C=O) groups excluding carboxylic acids is 1. The van der Waals surface area contributed by atoms with Gasteiger partial charge in [0.05, 0.1) is 18.7 Å².